The van der Waals surface area contributed by atoms with Gasteiger partial charge in [0.2, 0.25) is 0 Å². The number of carbonyl (C=O) groups is 1. The van der Waals surface area contributed by atoms with Crippen LogP contribution in [0.1, 0.15) is 48.4 Å². The van der Waals surface area contributed by atoms with Gasteiger partial charge in [-0.3, -0.25) is 9.48 Å². The smallest absolute Gasteiger partial charge is 0.287 e. The van der Waals surface area contributed by atoms with E-state index in [1.165, 1.54) is 6.33 Å². The fraction of sp³-hybridized carbons (Fsp3) is 0.500. The van der Waals surface area contributed by atoms with Crippen molar-refractivity contribution in [3.63, 3.8) is 0 Å². The first kappa shape index (κ1) is 15.2. The molecule has 1 atom stereocenters. The predicted octanol–water partition coefficient (Wildman–Crippen LogP) is 1.42. The van der Waals surface area contributed by atoms with Crippen LogP contribution in [0.5, 0.6) is 0 Å². The maximum absolute atomic E-state index is 12.2. The van der Waals surface area contributed by atoms with E-state index in [2.05, 4.69) is 29.2 Å². The summed E-state index contributed by atoms with van der Waals surface area (Å²) < 4.78 is 6.89. The second-order valence-corrected chi connectivity index (χ2v) is 5.32. The quantitative estimate of drug-likeness (QED) is 0.840. The van der Waals surface area contributed by atoms with Crippen molar-refractivity contribution in [1.82, 2.24) is 20.1 Å². The van der Waals surface area contributed by atoms with Crippen LogP contribution in [0.4, 0.5) is 0 Å². The van der Waals surface area contributed by atoms with Gasteiger partial charge in [-0.05, 0) is 24.5 Å². The largest absolute Gasteiger partial charge is 0.453 e. The van der Waals surface area contributed by atoms with Crippen LogP contribution in [0.15, 0.2) is 22.9 Å². The molecule has 114 valence electrons. The number of aliphatic hydroxyl groups excluding tert-OH is 1. The summed E-state index contributed by atoms with van der Waals surface area (Å²) in [5.41, 5.74) is 0. The Morgan fingerprint density at radius 3 is 2.76 bits per heavy atom. The molecule has 0 bridgehead atoms. The molecule has 2 aromatic rings. The summed E-state index contributed by atoms with van der Waals surface area (Å²) in [5, 5.41) is 15.9. The normalized spacial score (nSPS) is 12.6. The highest BCUT2D eigenvalue weighted by Crippen LogP contribution is 2.20. The van der Waals surface area contributed by atoms with E-state index in [-0.39, 0.29) is 24.3 Å². The van der Waals surface area contributed by atoms with Gasteiger partial charge >= 0.3 is 0 Å². The molecule has 2 aromatic heterocycles. The lowest BCUT2D eigenvalue weighted by Gasteiger charge is -2.19. The average Bonchev–Trinajstić information content (AvgIpc) is 3.05. The molecule has 2 heterocycles. The number of nitrogens with one attached hydrogen (secondary N) is 1. The third-order valence-electron chi connectivity index (χ3n) is 3.11. The molecule has 0 radical (unpaired) electrons. The van der Waals surface area contributed by atoms with Crippen molar-refractivity contribution in [1.29, 1.82) is 0 Å². The summed E-state index contributed by atoms with van der Waals surface area (Å²) in [6.45, 7) is 3.92. The van der Waals surface area contributed by atoms with Gasteiger partial charge in [0.05, 0.1) is 6.04 Å². The number of nitrogens with zero attached hydrogens (tertiary/aromatic N) is 3. The van der Waals surface area contributed by atoms with E-state index >= 15 is 0 Å². The summed E-state index contributed by atoms with van der Waals surface area (Å²) in [5.74, 6) is 1.29. The van der Waals surface area contributed by atoms with E-state index in [0.29, 0.717) is 17.5 Å². The minimum Gasteiger partial charge on any atom is -0.453 e. The molecule has 0 aliphatic heterocycles. The molecule has 0 fully saturated rings. The highest BCUT2D eigenvalue weighted by molar-refractivity contribution is 5.91. The number of aliphatic hydroxyl groups is 1. The minimum atomic E-state index is -0.330. The maximum Gasteiger partial charge on any atom is 0.287 e. The highest BCUT2D eigenvalue weighted by Gasteiger charge is 2.22. The topological polar surface area (TPSA) is 93.2 Å². The number of hydrogen-bond donors (Lipinski definition) is 2. The number of aryl methyl sites for hydroxylation is 1. The second-order valence-electron chi connectivity index (χ2n) is 5.32. The standard InChI is InChI=1S/C14H20N4O3/c1-9(2)6-11(13-15-8-16-18(13)3)17-14(20)12-5-4-10(7-19)21-12/h4-5,8-9,11,19H,6-7H2,1-3H3,(H,17,20). The van der Waals surface area contributed by atoms with Crippen molar-refractivity contribution in [2.75, 3.05) is 0 Å². The Bertz CT molecular complexity index is 603. The van der Waals surface area contributed by atoms with Crippen LogP contribution >= 0.6 is 0 Å². The fourth-order valence-corrected chi connectivity index (χ4v) is 2.14. The van der Waals surface area contributed by atoms with Gasteiger partial charge in [-0.1, -0.05) is 13.8 Å². The van der Waals surface area contributed by atoms with Crippen molar-refractivity contribution in [2.45, 2.75) is 32.9 Å². The van der Waals surface area contributed by atoms with Crippen molar-refractivity contribution in [3.05, 3.63) is 35.8 Å². The van der Waals surface area contributed by atoms with Crippen molar-refractivity contribution >= 4 is 5.91 Å². The first-order chi connectivity index (χ1) is 10.0. The number of aromatic nitrogens is 3. The predicted molar refractivity (Wildman–Crippen MR) is 75.3 cm³/mol. The second kappa shape index (κ2) is 6.53. The van der Waals surface area contributed by atoms with Crippen molar-refractivity contribution in [2.24, 2.45) is 13.0 Å². The van der Waals surface area contributed by atoms with Gasteiger partial charge in [-0.25, -0.2) is 4.98 Å². The van der Waals surface area contributed by atoms with Gasteiger partial charge in [0, 0.05) is 7.05 Å². The minimum absolute atomic E-state index is 0.176. The molecule has 7 heteroatoms. The van der Waals surface area contributed by atoms with Crippen LogP contribution in [0.25, 0.3) is 0 Å². The molecule has 0 saturated heterocycles. The van der Waals surface area contributed by atoms with Crippen LogP contribution in [-0.2, 0) is 13.7 Å². The summed E-state index contributed by atoms with van der Waals surface area (Å²) in [6.07, 6.45) is 2.21. The molecule has 0 aliphatic rings. The van der Waals surface area contributed by atoms with E-state index in [1.807, 2.05) is 0 Å². The lowest BCUT2D eigenvalue weighted by atomic mass is 10.0. The van der Waals surface area contributed by atoms with Gasteiger partial charge < -0.3 is 14.8 Å². The van der Waals surface area contributed by atoms with Crippen LogP contribution in [-0.4, -0.2) is 25.8 Å². The zero-order valence-electron chi connectivity index (χ0n) is 12.4. The number of rotatable bonds is 6. The zero-order valence-corrected chi connectivity index (χ0v) is 12.4. The van der Waals surface area contributed by atoms with Gasteiger partial charge in [0.25, 0.3) is 5.91 Å². The number of carbonyl (C=O) groups excluding carboxylic acids is 1. The van der Waals surface area contributed by atoms with Crippen LogP contribution in [0, 0.1) is 5.92 Å². The lowest BCUT2D eigenvalue weighted by Crippen LogP contribution is -2.31. The van der Waals surface area contributed by atoms with E-state index in [9.17, 15) is 4.79 Å². The summed E-state index contributed by atoms with van der Waals surface area (Å²) in [6, 6.07) is 2.88. The van der Waals surface area contributed by atoms with Gasteiger partial charge in [0.15, 0.2) is 5.76 Å². The van der Waals surface area contributed by atoms with Crippen LogP contribution in [0.2, 0.25) is 0 Å². The van der Waals surface area contributed by atoms with Gasteiger partial charge in [0.1, 0.15) is 24.5 Å². The molecular formula is C14H20N4O3. The molecule has 2 rings (SSSR count). The fourth-order valence-electron chi connectivity index (χ4n) is 2.14. The molecule has 1 amide bonds. The average molecular weight is 292 g/mol. The molecule has 0 aliphatic carbocycles. The summed E-state index contributed by atoms with van der Waals surface area (Å²) in [7, 11) is 1.79. The van der Waals surface area contributed by atoms with Gasteiger partial charge in [-0.15, -0.1) is 0 Å². The Morgan fingerprint density at radius 1 is 1.48 bits per heavy atom. The lowest BCUT2D eigenvalue weighted by molar-refractivity contribution is 0.0896. The first-order valence-electron chi connectivity index (χ1n) is 6.85. The molecular weight excluding hydrogens is 272 g/mol. The third kappa shape index (κ3) is 3.69. The van der Waals surface area contributed by atoms with E-state index in [0.717, 1.165) is 6.42 Å². The van der Waals surface area contributed by atoms with Crippen LogP contribution in [0.3, 0.4) is 0 Å². The Balaban J connectivity index is 2.15. The van der Waals surface area contributed by atoms with Crippen molar-refractivity contribution in [3.8, 4) is 0 Å². The third-order valence-corrected chi connectivity index (χ3v) is 3.11. The molecule has 1 unspecified atom stereocenters. The molecule has 21 heavy (non-hydrogen) atoms. The molecule has 7 nitrogen and oxygen atoms in total. The monoisotopic (exact) mass is 292 g/mol. The summed E-state index contributed by atoms with van der Waals surface area (Å²) in [4.78, 5) is 16.4. The maximum atomic E-state index is 12.2. The SMILES string of the molecule is CC(C)CC(NC(=O)c1ccc(CO)o1)c1ncnn1C. The van der Waals surface area contributed by atoms with E-state index in [4.69, 9.17) is 9.52 Å². The Labute approximate surface area is 123 Å². The molecule has 0 spiro atoms. The summed E-state index contributed by atoms with van der Waals surface area (Å²) >= 11 is 0. The zero-order chi connectivity index (χ0) is 15.4. The Morgan fingerprint density at radius 2 is 2.24 bits per heavy atom. The van der Waals surface area contributed by atoms with E-state index < -0.39 is 0 Å². The number of furan rings is 1. The molecule has 2 N–H and O–H groups in total. The number of amides is 1. The van der Waals surface area contributed by atoms with Crippen LogP contribution < -0.4 is 5.32 Å². The van der Waals surface area contributed by atoms with Gasteiger partial charge in [-0.2, -0.15) is 5.10 Å². The first-order valence-corrected chi connectivity index (χ1v) is 6.85. The Hall–Kier alpha value is -2.15. The Kier molecular flexibility index (Phi) is 4.74. The van der Waals surface area contributed by atoms with Crippen molar-refractivity contribution < 1.29 is 14.3 Å². The van der Waals surface area contributed by atoms with E-state index in [1.54, 1.807) is 23.9 Å². The molecule has 0 aromatic carbocycles. The highest BCUT2D eigenvalue weighted by atomic mass is 16.4. The number of hydrogen-bond acceptors (Lipinski definition) is 5. The molecule has 0 saturated carbocycles.